The zero-order valence-electron chi connectivity index (χ0n) is 6.77. The molecule has 0 radical (unpaired) electrons. The second-order valence-electron chi connectivity index (χ2n) is 2.68. The lowest BCUT2D eigenvalue weighted by Gasteiger charge is -2.06. The van der Waals surface area contributed by atoms with Crippen LogP contribution in [0.2, 0.25) is 0 Å². The van der Waals surface area contributed by atoms with Gasteiger partial charge in [0.25, 0.3) is 3.91 Å². The minimum Gasteiger partial charge on any atom is -0.348 e. The molecule has 0 saturated carbocycles. The van der Waals surface area contributed by atoms with Crippen LogP contribution < -0.4 is 11.1 Å². The van der Waals surface area contributed by atoms with Crippen molar-refractivity contribution in [2.24, 2.45) is 11.7 Å². The van der Waals surface area contributed by atoms with Crippen molar-refractivity contribution in [1.29, 1.82) is 0 Å². The summed E-state index contributed by atoms with van der Waals surface area (Å²) in [7, 11) is 0. The smallest absolute Gasteiger partial charge is 0.280 e. The number of amides is 1. The minimum atomic E-state index is 0.0167. The van der Waals surface area contributed by atoms with Crippen LogP contribution in [0.25, 0.3) is 0 Å². The van der Waals surface area contributed by atoms with E-state index < -0.39 is 0 Å². The number of rotatable bonds is 5. The maximum atomic E-state index is 10.4. The number of nitrogens with two attached hydrogens (primary N) is 1. The van der Waals surface area contributed by atoms with Crippen molar-refractivity contribution in [1.82, 2.24) is 5.32 Å². The number of halogens is 1. The van der Waals surface area contributed by atoms with Gasteiger partial charge in [0.15, 0.2) is 0 Å². The van der Waals surface area contributed by atoms with E-state index >= 15 is 0 Å². The summed E-state index contributed by atoms with van der Waals surface area (Å²) in [5.41, 5.74) is 5.43. The molecule has 4 heteroatoms. The van der Waals surface area contributed by atoms with Crippen LogP contribution in [-0.4, -0.2) is 17.0 Å². The van der Waals surface area contributed by atoms with Gasteiger partial charge in [-0.25, -0.2) is 0 Å². The molecule has 3 N–H and O–H groups in total. The van der Waals surface area contributed by atoms with Gasteiger partial charge < -0.3 is 11.1 Å². The van der Waals surface area contributed by atoms with Crippen LogP contribution in [-0.2, 0) is 0 Å². The SMILES string of the molecule is CC(CN)CCCNC(=O)I. The molecule has 0 bridgehead atoms. The molecule has 11 heavy (non-hydrogen) atoms. The molecule has 0 aromatic carbocycles. The topological polar surface area (TPSA) is 55.1 Å². The second-order valence-corrected chi connectivity index (χ2v) is 3.66. The Balaban J connectivity index is 3.08. The van der Waals surface area contributed by atoms with Gasteiger partial charge in [0.2, 0.25) is 0 Å². The van der Waals surface area contributed by atoms with E-state index in [4.69, 9.17) is 5.73 Å². The van der Waals surface area contributed by atoms with Crippen LogP contribution in [0.15, 0.2) is 0 Å². The van der Waals surface area contributed by atoms with Gasteiger partial charge in [-0.1, -0.05) is 6.92 Å². The van der Waals surface area contributed by atoms with Crippen LogP contribution in [0.3, 0.4) is 0 Å². The summed E-state index contributed by atoms with van der Waals surface area (Å²) >= 11 is 1.73. The maximum Gasteiger partial charge on any atom is 0.280 e. The average Bonchev–Trinajstić information content (AvgIpc) is 1.97. The Morgan fingerprint density at radius 2 is 2.36 bits per heavy atom. The molecular formula is C7H15IN2O. The molecule has 1 unspecified atom stereocenters. The van der Waals surface area contributed by atoms with Crippen molar-refractivity contribution in [3.8, 4) is 0 Å². The lowest BCUT2D eigenvalue weighted by atomic mass is 10.1. The number of nitrogens with one attached hydrogen (secondary N) is 1. The van der Waals surface area contributed by atoms with Crippen molar-refractivity contribution in [2.75, 3.05) is 13.1 Å². The van der Waals surface area contributed by atoms with Gasteiger partial charge in [-0.05, 0) is 25.3 Å². The van der Waals surface area contributed by atoms with E-state index in [1.54, 1.807) is 22.6 Å². The zero-order chi connectivity index (χ0) is 8.69. The lowest BCUT2D eigenvalue weighted by Crippen LogP contribution is -2.19. The first-order chi connectivity index (χ1) is 5.16. The van der Waals surface area contributed by atoms with Crippen molar-refractivity contribution in [3.05, 3.63) is 0 Å². The summed E-state index contributed by atoms with van der Waals surface area (Å²) < 4.78 is 0.0167. The lowest BCUT2D eigenvalue weighted by molar-refractivity contribution is 0.262. The number of carbonyl (C=O) groups excluding carboxylic acids is 1. The number of hydrogen-bond acceptors (Lipinski definition) is 2. The fourth-order valence-corrected chi connectivity index (χ4v) is 1.02. The van der Waals surface area contributed by atoms with E-state index in [1.807, 2.05) is 0 Å². The molecule has 0 heterocycles. The fraction of sp³-hybridized carbons (Fsp3) is 0.857. The first-order valence-electron chi connectivity index (χ1n) is 3.80. The standard InChI is InChI=1S/C7H15IN2O/c1-6(5-9)3-2-4-10-7(8)11/h6H,2-5,9H2,1H3,(H,10,11). The van der Waals surface area contributed by atoms with E-state index in [0.717, 1.165) is 25.9 Å². The van der Waals surface area contributed by atoms with E-state index in [1.165, 1.54) is 0 Å². The molecule has 0 fully saturated rings. The first-order valence-corrected chi connectivity index (χ1v) is 4.88. The molecule has 0 saturated heterocycles. The van der Waals surface area contributed by atoms with E-state index in [2.05, 4.69) is 12.2 Å². The third kappa shape index (κ3) is 8.06. The van der Waals surface area contributed by atoms with Crippen LogP contribution in [0.5, 0.6) is 0 Å². The molecule has 1 amide bonds. The Morgan fingerprint density at radius 1 is 1.73 bits per heavy atom. The van der Waals surface area contributed by atoms with E-state index in [-0.39, 0.29) is 3.91 Å². The van der Waals surface area contributed by atoms with Crippen molar-refractivity contribution < 1.29 is 4.79 Å². The van der Waals surface area contributed by atoms with Gasteiger partial charge in [-0.3, -0.25) is 4.79 Å². The van der Waals surface area contributed by atoms with Gasteiger partial charge in [-0.2, -0.15) is 0 Å². The molecule has 0 aromatic heterocycles. The van der Waals surface area contributed by atoms with Gasteiger partial charge in [-0.15, -0.1) is 0 Å². The quantitative estimate of drug-likeness (QED) is 0.344. The van der Waals surface area contributed by atoms with Crippen LogP contribution >= 0.6 is 22.6 Å². The summed E-state index contributed by atoms with van der Waals surface area (Å²) in [5.74, 6) is 0.570. The number of carbonyl (C=O) groups is 1. The maximum absolute atomic E-state index is 10.4. The molecule has 0 aliphatic rings. The molecule has 0 rings (SSSR count). The highest BCUT2D eigenvalue weighted by Gasteiger charge is 1.98. The van der Waals surface area contributed by atoms with Gasteiger partial charge in [0.1, 0.15) is 0 Å². The monoisotopic (exact) mass is 270 g/mol. The Labute approximate surface area is 81.2 Å². The molecule has 3 nitrogen and oxygen atoms in total. The predicted octanol–water partition coefficient (Wildman–Crippen LogP) is 1.51. The number of hydrogen-bond donors (Lipinski definition) is 2. The third-order valence-electron chi connectivity index (χ3n) is 1.54. The third-order valence-corrected chi connectivity index (χ3v) is 1.92. The summed E-state index contributed by atoms with van der Waals surface area (Å²) in [5, 5.41) is 2.73. The summed E-state index contributed by atoms with van der Waals surface area (Å²) in [6.45, 7) is 3.62. The molecule has 0 aromatic rings. The highest BCUT2D eigenvalue weighted by Crippen LogP contribution is 2.01. The molecule has 1 atom stereocenters. The van der Waals surface area contributed by atoms with Gasteiger partial charge in [0, 0.05) is 29.1 Å². The largest absolute Gasteiger partial charge is 0.348 e. The normalized spacial score (nSPS) is 12.6. The zero-order valence-corrected chi connectivity index (χ0v) is 8.93. The Hall–Kier alpha value is 0.160. The molecule has 0 aliphatic heterocycles. The van der Waals surface area contributed by atoms with Crippen molar-refractivity contribution in [3.63, 3.8) is 0 Å². The predicted molar refractivity (Wildman–Crippen MR) is 54.9 cm³/mol. The Bertz CT molecular complexity index is 119. The van der Waals surface area contributed by atoms with Crippen LogP contribution in [0, 0.1) is 5.92 Å². The Morgan fingerprint density at radius 3 is 2.82 bits per heavy atom. The first kappa shape index (κ1) is 11.2. The molecule has 66 valence electrons. The fourth-order valence-electron chi connectivity index (χ4n) is 0.755. The molecule has 0 spiro atoms. The van der Waals surface area contributed by atoms with Crippen molar-refractivity contribution >= 4 is 26.5 Å². The minimum absolute atomic E-state index is 0.0167. The highest BCUT2D eigenvalue weighted by molar-refractivity contribution is 14.1. The van der Waals surface area contributed by atoms with Crippen LogP contribution in [0.1, 0.15) is 19.8 Å². The van der Waals surface area contributed by atoms with E-state index in [9.17, 15) is 4.79 Å². The molecule has 0 aliphatic carbocycles. The van der Waals surface area contributed by atoms with Gasteiger partial charge in [0.05, 0.1) is 0 Å². The van der Waals surface area contributed by atoms with Crippen molar-refractivity contribution in [2.45, 2.75) is 19.8 Å². The second kappa shape index (κ2) is 6.84. The average molecular weight is 270 g/mol. The van der Waals surface area contributed by atoms with Gasteiger partial charge >= 0.3 is 0 Å². The summed E-state index contributed by atoms with van der Waals surface area (Å²) in [4.78, 5) is 10.4. The summed E-state index contributed by atoms with van der Waals surface area (Å²) in [6, 6.07) is 0. The van der Waals surface area contributed by atoms with E-state index in [0.29, 0.717) is 5.92 Å². The molecular weight excluding hydrogens is 255 g/mol. The summed E-state index contributed by atoms with van der Waals surface area (Å²) in [6.07, 6.45) is 2.11. The Kier molecular flexibility index (Phi) is 6.94. The highest BCUT2D eigenvalue weighted by atomic mass is 127. The van der Waals surface area contributed by atoms with Crippen LogP contribution in [0.4, 0.5) is 4.79 Å².